The highest BCUT2D eigenvalue weighted by atomic mass is 16.4. The molecule has 3 N–H and O–H groups in total. The van der Waals surface area contributed by atoms with Crippen LogP contribution in [-0.4, -0.2) is 54.1 Å². The summed E-state index contributed by atoms with van der Waals surface area (Å²) in [6.45, 7) is 5.09. The fourth-order valence-electron chi connectivity index (χ4n) is 2.42. The molecule has 1 aliphatic rings. The number of imide groups is 1. The maximum absolute atomic E-state index is 11.5. The molecule has 1 saturated heterocycles. The van der Waals surface area contributed by atoms with E-state index in [0.717, 1.165) is 19.6 Å². The Balaban J connectivity index is 2.11. The van der Waals surface area contributed by atoms with Crippen LogP contribution in [0.4, 0.5) is 4.79 Å². The van der Waals surface area contributed by atoms with E-state index >= 15 is 0 Å². The van der Waals surface area contributed by atoms with Crippen LogP contribution in [0.3, 0.4) is 0 Å². The fourth-order valence-corrected chi connectivity index (χ4v) is 2.42. The predicted octanol–water partition coefficient (Wildman–Crippen LogP) is 0.799. The Hall–Kier alpha value is -1.63. The van der Waals surface area contributed by atoms with E-state index in [1.807, 2.05) is 0 Å². The third kappa shape index (κ3) is 8.29. The van der Waals surface area contributed by atoms with Crippen molar-refractivity contribution in [1.29, 1.82) is 0 Å². The number of urea groups is 1. The van der Waals surface area contributed by atoms with Gasteiger partial charge in [-0.05, 0) is 31.8 Å². The molecule has 120 valence electrons. The summed E-state index contributed by atoms with van der Waals surface area (Å²) < 4.78 is 0. The minimum absolute atomic E-state index is 0.0336. The highest BCUT2D eigenvalue weighted by molar-refractivity contribution is 5.94. The van der Waals surface area contributed by atoms with Crippen molar-refractivity contribution < 1.29 is 19.5 Å². The van der Waals surface area contributed by atoms with Gasteiger partial charge in [0.2, 0.25) is 5.91 Å². The second-order valence-corrected chi connectivity index (χ2v) is 5.61. The molecule has 1 aliphatic heterocycles. The number of hydrogen-bond acceptors (Lipinski definition) is 4. The lowest BCUT2D eigenvalue weighted by atomic mass is 10.0. The van der Waals surface area contributed by atoms with Gasteiger partial charge in [0.05, 0.1) is 0 Å². The molecule has 1 heterocycles. The Labute approximate surface area is 125 Å². The Morgan fingerprint density at radius 2 is 1.81 bits per heavy atom. The Morgan fingerprint density at radius 1 is 1.14 bits per heavy atom. The van der Waals surface area contributed by atoms with Crippen molar-refractivity contribution in [3.63, 3.8) is 0 Å². The molecule has 3 amide bonds. The highest BCUT2D eigenvalue weighted by Gasteiger charge is 2.15. The molecule has 1 fully saturated rings. The minimum Gasteiger partial charge on any atom is -0.481 e. The summed E-state index contributed by atoms with van der Waals surface area (Å²) in [6.07, 6.45) is 3.63. The maximum atomic E-state index is 11.5. The first-order chi connectivity index (χ1) is 9.97. The van der Waals surface area contributed by atoms with Crippen molar-refractivity contribution in [2.75, 3.05) is 26.2 Å². The van der Waals surface area contributed by atoms with Gasteiger partial charge in [0.15, 0.2) is 0 Å². The number of aliphatic carboxylic acids is 1. The number of nitrogens with zero attached hydrogens (tertiary/aromatic N) is 1. The van der Waals surface area contributed by atoms with Gasteiger partial charge in [-0.15, -0.1) is 0 Å². The van der Waals surface area contributed by atoms with Crippen LogP contribution in [0, 0.1) is 5.92 Å². The van der Waals surface area contributed by atoms with Crippen molar-refractivity contribution >= 4 is 17.9 Å². The van der Waals surface area contributed by atoms with Crippen LogP contribution in [0.2, 0.25) is 0 Å². The Kier molecular flexibility index (Phi) is 7.74. The molecule has 0 aromatic heterocycles. The van der Waals surface area contributed by atoms with E-state index in [-0.39, 0.29) is 18.8 Å². The molecule has 0 saturated carbocycles. The standard InChI is InChI=1S/C14H25N3O4/c1-11(10-13(19)20)9-12(18)16-14(21)15-5-8-17-6-3-2-4-7-17/h11H,2-10H2,1H3,(H,19,20)(H2,15,16,18,21). The zero-order valence-electron chi connectivity index (χ0n) is 12.6. The number of carboxylic acids is 1. The Bertz CT molecular complexity index is 367. The minimum atomic E-state index is -0.943. The molecule has 1 rings (SSSR count). The number of piperidine rings is 1. The molecule has 7 heteroatoms. The van der Waals surface area contributed by atoms with Crippen LogP contribution in [0.25, 0.3) is 0 Å². The molecule has 1 atom stereocenters. The number of rotatable bonds is 7. The first-order valence-corrected chi connectivity index (χ1v) is 7.49. The van der Waals surface area contributed by atoms with Crippen molar-refractivity contribution in [3.05, 3.63) is 0 Å². The van der Waals surface area contributed by atoms with Crippen LogP contribution in [-0.2, 0) is 9.59 Å². The van der Waals surface area contributed by atoms with E-state index in [4.69, 9.17) is 5.11 Å². The second-order valence-electron chi connectivity index (χ2n) is 5.61. The lowest BCUT2D eigenvalue weighted by Crippen LogP contribution is -2.43. The van der Waals surface area contributed by atoms with E-state index < -0.39 is 17.9 Å². The number of amides is 3. The zero-order chi connectivity index (χ0) is 15.7. The fraction of sp³-hybridized carbons (Fsp3) is 0.786. The van der Waals surface area contributed by atoms with Crippen molar-refractivity contribution in [2.24, 2.45) is 5.92 Å². The summed E-state index contributed by atoms with van der Waals surface area (Å²) in [5.41, 5.74) is 0. The third-order valence-electron chi connectivity index (χ3n) is 3.47. The van der Waals surface area contributed by atoms with E-state index in [0.29, 0.717) is 6.54 Å². The quantitative estimate of drug-likeness (QED) is 0.646. The zero-order valence-corrected chi connectivity index (χ0v) is 12.6. The van der Waals surface area contributed by atoms with Gasteiger partial charge in [-0.1, -0.05) is 13.3 Å². The number of hydrogen-bond donors (Lipinski definition) is 3. The number of carbonyl (C=O) groups excluding carboxylic acids is 2. The van der Waals surface area contributed by atoms with Crippen LogP contribution < -0.4 is 10.6 Å². The molecule has 1 unspecified atom stereocenters. The monoisotopic (exact) mass is 299 g/mol. The van der Waals surface area contributed by atoms with Crippen molar-refractivity contribution in [1.82, 2.24) is 15.5 Å². The van der Waals surface area contributed by atoms with E-state index in [9.17, 15) is 14.4 Å². The van der Waals surface area contributed by atoms with Gasteiger partial charge in [-0.25, -0.2) is 4.79 Å². The van der Waals surface area contributed by atoms with Crippen LogP contribution >= 0.6 is 0 Å². The molecule has 0 radical (unpaired) electrons. The SMILES string of the molecule is CC(CC(=O)O)CC(=O)NC(=O)NCCN1CCCCC1. The van der Waals surface area contributed by atoms with Gasteiger partial charge < -0.3 is 15.3 Å². The summed E-state index contributed by atoms with van der Waals surface area (Å²) in [7, 11) is 0. The average Bonchev–Trinajstić information content (AvgIpc) is 2.38. The van der Waals surface area contributed by atoms with Crippen LogP contribution in [0.15, 0.2) is 0 Å². The smallest absolute Gasteiger partial charge is 0.321 e. The van der Waals surface area contributed by atoms with Gasteiger partial charge in [0.25, 0.3) is 0 Å². The van der Waals surface area contributed by atoms with E-state index in [1.165, 1.54) is 19.3 Å². The average molecular weight is 299 g/mol. The lowest BCUT2D eigenvalue weighted by molar-refractivity contribution is -0.138. The van der Waals surface area contributed by atoms with Crippen molar-refractivity contribution in [3.8, 4) is 0 Å². The summed E-state index contributed by atoms with van der Waals surface area (Å²) in [5, 5.41) is 13.5. The predicted molar refractivity (Wildman–Crippen MR) is 77.9 cm³/mol. The molecular formula is C14H25N3O4. The summed E-state index contributed by atoms with van der Waals surface area (Å²) in [4.78, 5) is 35.8. The molecule has 0 aromatic rings. The van der Waals surface area contributed by atoms with Gasteiger partial charge >= 0.3 is 12.0 Å². The summed E-state index contributed by atoms with van der Waals surface area (Å²) in [5.74, 6) is -1.68. The van der Waals surface area contributed by atoms with Crippen LogP contribution in [0.1, 0.15) is 39.0 Å². The van der Waals surface area contributed by atoms with Gasteiger partial charge in [0, 0.05) is 25.9 Å². The highest BCUT2D eigenvalue weighted by Crippen LogP contribution is 2.07. The molecular weight excluding hydrogens is 274 g/mol. The molecule has 0 aliphatic carbocycles. The molecule has 21 heavy (non-hydrogen) atoms. The number of carbonyl (C=O) groups is 3. The van der Waals surface area contributed by atoms with Gasteiger partial charge in [-0.3, -0.25) is 14.9 Å². The number of likely N-dealkylation sites (tertiary alicyclic amines) is 1. The van der Waals surface area contributed by atoms with E-state index in [2.05, 4.69) is 15.5 Å². The largest absolute Gasteiger partial charge is 0.481 e. The molecule has 0 aromatic carbocycles. The second kappa shape index (κ2) is 9.33. The summed E-state index contributed by atoms with van der Waals surface area (Å²) in [6, 6.07) is -0.514. The summed E-state index contributed by atoms with van der Waals surface area (Å²) >= 11 is 0. The Morgan fingerprint density at radius 3 is 2.43 bits per heavy atom. The molecule has 0 spiro atoms. The topological polar surface area (TPSA) is 98.7 Å². The van der Waals surface area contributed by atoms with Crippen LogP contribution in [0.5, 0.6) is 0 Å². The molecule has 7 nitrogen and oxygen atoms in total. The maximum Gasteiger partial charge on any atom is 0.321 e. The first kappa shape index (κ1) is 17.4. The van der Waals surface area contributed by atoms with E-state index in [1.54, 1.807) is 6.92 Å². The lowest BCUT2D eigenvalue weighted by Gasteiger charge is -2.26. The third-order valence-corrected chi connectivity index (χ3v) is 3.47. The molecule has 0 bridgehead atoms. The number of carboxylic acid groups (broad SMARTS) is 1. The van der Waals surface area contributed by atoms with Gasteiger partial charge in [0.1, 0.15) is 0 Å². The van der Waals surface area contributed by atoms with Gasteiger partial charge in [-0.2, -0.15) is 0 Å². The first-order valence-electron chi connectivity index (χ1n) is 7.49. The normalized spacial score (nSPS) is 17.0. The van der Waals surface area contributed by atoms with Crippen molar-refractivity contribution in [2.45, 2.75) is 39.0 Å². The number of nitrogens with one attached hydrogen (secondary N) is 2.